The summed E-state index contributed by atoms with van der Waals surface area (Å²) in [6.45, 7) is 4.05. The summed E-state index contributed by atoms with van der Waals surface area (Å²) in [7, 11) is 0. The van der Waals surface area contributed by atoms with Gasteiger partial charge in [0.2, 0.25) is 11.8 Å². The van der Waals surface area contributed by atoms with Crippen molar-refractivity contribution in [2.24, 2.45) is 5.73 Å². The van der Waals surface area contributed by atoms with Crippen LogP contribution in [0.4, 0.5) is 5.82 Å². The molecule has 3 amide bonds. The molecule has 4 N–H and O–H groups in total. The van der Waals surface area contributed by atoms with E-state index in [2.05, 4.69) is 10.3 Å². The van der Waals surface area contributed by atoms with Crippen molar-refractivity contribution in [2.75, 3.05) is 11.1 Å². The van der Waals surface area contributed by atoms with Crippen LogP contribution in [0.25, 0.3) is 0 Å². The Morgan fingerprint density at radius 3 is 2.45 bits per heavy atom. The summed E-state index contributed by atoms with van der Waals surface area (Å²) in [5.41, 5.74) is 7.91. The van der Waals surface area contributed by atoms with Gasteiger partial charge in [0.05, 0.1) is 11.3 Å². The molecule has 2 aromatic rings. The summed E-state index contributed by atoms with van der Waals surface area (Å²) in [5.74, 6) is -0.327. The van der Waals surface area contributed by atoms with Gasteiger partial charge in [0.1, 0.15) is 16.9 Å². The highest BCUT2D eigenvalue weighted by Gasteiger charge is 2.35. The number of nitrogens with one attached hydrogen (secondary N) is 1. The largest absolute Gasteiger partial charge is 0.508 e. The van der Waals surface area contributed by atoms with E-state index in [1.165, 1.54) is 30.1 Å². The van der Waals surface area contributed by atoms with E-state index < -0.39 is 5.91 Å². The molecule has 9 heteroatoms. The summed E-state index contributed by atoms with van der Waals surface area (Å²) in [5, 5.41) is 11.9. The highest BCUT2D eigenvalue weighted by atomic mass is 32.2. The SMILES string of the molecule is C.CC1=C(C)C(SCC(=O)Nc2ccc(C(N)=O)cn2)N(Cc2ccc(O)cc2)C1=O. The molecular weight excluding hydrogens is 416 g/mol. The summed E-state index contributed by atoms with van der Waals surface area (Å²) in [4.78, 5) is 41.8. The normalized spacial score (nSPS) is 15.6. The van der Waals surface area contributed by atoms with E-state index in [4.69, 9.17) is 5.73 Å². The molecule has 31 heavy (non-hydrogen) atoms. The van der Waals surface area contributed by atoms with Gasteiger partial charge in [-0.25, -0.2) is 4.98 Å². The molecule has 1 aliphatic rings. The zero-order valence-corrected chi connectivity index (χ0v) is 17.4. The summed E-state index contributed by atoms with van der Waals surface area (Å²) in [6, 6.07) is 9.69. The predicted molar refractivity (Wildman–Crippen MR) is 121 cm³/mol. The first-order chi connectivity index (χ1) is 14.3. The first kappa shape index (κ1) is 23.9. The third kappa shape index (κ3) is 5.64. The summed E-state index contributed by atoms with van der Waals surface area (Å²) < 4.78 is 0. The fourth-order valence-electron chi connectivity index (χ4n) is 3.02. The first-order valence-electron chi connectivity index (χ1n) is 9.20. The van der Waals surface area contributed by atoms with Crippen molar-refractivity contribution >= 4 is 35.3 Å². The number of anilines is 1. The Hall–Kier alpha value is -3.33. The van der Waals surface area contributed by atoms with Crippen LogP contribution in [0.1, 0.15) is 37.2 Å². The van der Waals surface area contributed by atoms with Crippen LogP contribution in [0, 0.1) is 0 Å². The minimum atomic E-state index is -0.590. The molecule has 3 rings (SSSR count). The van der Waals surface area contributed by atoms with Crippen molar-refractivity contribution in [3.05, 3.63) is 64.9 Å². The van der Waals surface area contributed by atoms with Gasteiger partial charge in [0.25, 0.3) is 5.91 Å². The van der Waals surface area contributed by atoms with Crippen molar-refractivity contribution in [3.8, 4) is 5.75 Å². The van der Waals surface area contributed by atoms with Crippen LogP contribution >= 0.6 is 11.8 Å². The molecule has 1 atom stereocenters. The van der Waals surface area contributed by atoms with Crippen LogP contribution in [0.15, 0.2) is 53.7 Å². The molecule has 0 fully saturated rings. The number of carbonyl (C=O) groups excluding carboxylic acids is 3. The summed E-state index contributed by atoms with van der Waals surface area (Å²) in [6.07, 6.45) is 1.30. The molecule has 2 heterocycles. The van der Waals surface area contributed by atoms with Crippen LogP contribution in [0.3, 0.4) is 0 Å². The van der Waals surface area contributed by atoms with Gasteiger partial charge in [0, 0.05) is 18.3 Å². The fourth-order valence-corrected chi connectivity index (χ4v) is 4.18. The van der Waals surface area contributed by atoms with Crippen molar-refractivity contribution in [3.63, 3.8) is 0 Å². The number of amides is 3. The maximum Gasteiger partial charge on any atom is 0.251 e. The second-order valence-corrected chi connectivity index (χ2v) is 7.98. The third-order valence-electron chi connectivity index (χ3n) is 4.80. The number of nitrogens with zero attached hydrogens (tertiary/aromatic N) is 2. The summed E-state index contributed by atoms with van der Waals surface area (Å²) >= 11 is 1.35. The fraction of sp³-hybridized carbons (Fsp3) is 0.273. The van der Waals surface area contributed by atoms with Gasteiger partial charge in [0.15, 0.2) is 0 Å². The number of hydrogen-bond donors (Lipinski definition) is 3. The molecule has 0 bridgehead atoms. The maximum atomic E-state index is 12.7. The second-order valence-electron chi connectivity index (χ2n) is 6.92. The number of thioether (sulfide) groups is 1. The standard InChI is InChI=1S/C21H22N4O4S.CH4/c1-12-13(2)21(25(20(12)29)10-14-3-6-16(26)7-4-14)30-11-18(27)24-17-8-5-15(9-23-17)19(22)28;/h3-9,21,26H,10-11H2,1-2H3,(H2,22,28)(H,23,24,27);1H4. The lowest BCUT2D eigenvalue weighted by molar-refractivity contribution is -0.126. The molecule has 0 spiro atoms. The van der Waals surface area contributed by atoms with Crippen molar-refractivity contribution in [2.45, 2.75) is 33.2 Å². The zero-order chi connectivity index (χ0) is 21.8. The maximum absolute atomic E-state index is 12.7. The number of aromatic hydroxyl groups is 1. The van der Waals surface area contributed by atoms with Gasteiger partial charge in [-0.2, -0.15) is 0 Å². The molecule has 0 aliphatic carbocycles. The quantitative estimate of drug-likeness (QED) is 0.605. The van der Waals surface area contributed by atoms with Crippen LogP contribution in [0.5, 0.6) is 5.75 Å². The lowest BCUT2D eigenvalue weighted by Gasteiger charge is -2.26. The van der Waals surface area contributed by atoms with E-state index >= 15 is 0 Å². The van der Waals surface area contributed by atoms with E-state index in [9.17, 15) is 19.5 Å². The average molecular weight is 443 g/mol. The van der Waals surface area contributed by atoms with Gasteiger partial charge < -0.3 is 21.1 Å². The molecule has 0 saturated carbocycles. The van der Waals surface area contributed by atoms with Gasteiger partial charge in [-0.3, -0.25) is 14.4 Å². The van der Waals surface area contributed by atoms with Gasteiger partial charge in [-0.1, -0.05) is 19.6 Å². The van der Waals surface area contributed by atoms with Crippen LogP contribution in [-0.2, 0) is 16.1 Å². The monoisotopic (exact) mass is 442 g/mol. The number of rotatable bonds is 7. The number of nitrogens with two attached hydrogens (primary N) is 1. The van der Waals surface area contributed by atoms with Crippen LogP contribution < -0.4 is 11.1 Å². The van der Waals surface area contributed by atoms with E-state index in [0.717, 1.165) is 11.1 Å². The number of hydrogen-bond acceptors (Lipinski definition) is 6. The molecule has 8 nitrogen and oxygen atoms in total. The Labute approximate surface area is 185 Å². The predicted octanol–water partition coefficient (Wildman–Crippen LogP) is 2.90. The van der Waals surface area contributed by atoms with Gasteiger partial charge >= 0.3 is 0 Å². The number of phenols is 1. The highest BCUT2D eigenvalue weighted by molar-refractivity contribution is 8.00. The Bertz CT molecular complexity index is 1000. The average Bonchev–Trinajstić information content (AvgIpc) is 2.92. The Kier molecular flexibility index (Phi) is 7.82. The minimum Gasteiger partial charge on any atom is -0.508 e. The Morgan fingerprint density at radius 2 is 1.87 bits per heavy atom. The molecule has 1 aromatic heterocycles. The first-order valence-corrected chi connectivity index (χ1v) is 10.2. The topological polar surface area (TPSA) is 126 Å². The molecule has 0 radical (unpaired) electrons. The van der Waals surface area contributed by atoms with Gasteiger partial charge in [-0.05, 0) is 49.2 Å². The Morgan fingerprint density at radius 1 is 1.19 bits per heavy atom. The smallest absolute Gasteiger partial charge is 0.251 e. The second kappa shape index (κ2) is 10.1. The molecule has 1 aliphatic heterocycles. The molecular formula is C22H26N4O4S. The molecule has 1 unspecified atom stereocenters. The number of primary amides is 1. The Balaban J connectivity index is 0.00000341. The third-order valence-corrected chi connectivity index (χ3v) is 6.16. The minimum absolute atomic E-state index is 0. The van der Waals surface area contributed by atoms with Crippen molar-refractivity contribution < 1.29 is 19.5 Å². The lowest BCUT2D eigenvalue weighted by atomic mass is 10.2. The van der Waals surface area contributed by atoms with E-state index in [0.29, 0.717) is 17.9 Å². The molecule has 0 saturated heterocycles. The zero-order valence-electron chi connectivity index (χ0n) is 16.6. The van der Waals surface area contributed by atoms with E-state index in [1.54, 1.807) is 36.1 Å². The highest BCUT2D eigenvalue weighted by Crippen LogP contribution is 2.34. The number of carbonyl (C=O) groups is 3. The number of benzene rings is 1. The van der Waals surface area contributed by atoms with Crippen molar-refractivity contribution in [1.29, 1.82) is 0 Å². The lowest BCUT2D eigenvalue weighted by Crippen LogP contribution is -2.34. The van der Waals surface area contributed by atoms with Crippen molar-refractivity contribution in [1.82, 2.24) is 9.88 Å². The van der Waals surface area contributed by atoms with Crippen LogP contribution in [0.2, 0.25) is 0 Å². The number of phenolic OH excluding ortho intramolecular Hbond substituents is 1. The number of pyridine rings is 1. The van der Waals surface area contributed by atoms with Crippen LogP contribution in [-0.4, -0.2) is 43.8 Å². The van der Waals surface area contributed by atoms with E-state index in [1.807, 2.05) is 6.92 Å². The molecule has 164 valence electrons. The van der Waals surface area contributed by atoms with Gasteiger partial charge in [-0.15, -0.1) is 11.8 Å². The van der Waals surface area contributed by atoms with E-state index in [-0.39, 0.29) is 41.7 Å². The number of aromatic nitrogens is 1. The molecule has 1 aromatic carbocycles.